The summed E-state index contributed by atoms with van der Waals surface area (Å²) in [4.78, 5) is 31.5. The molecule has 0 saturated carbocycles. The van der Waals surface area contributed by atoms with E-state index in [9.17, 15) is 9.59 Å². The molecule has 8 nitrogen and oxygen atoms in total. The molecule has 3 aromatic rings. The van der Waals surface area contributed by atoms with Crippen molar-refractivity contribution in [1.29, 1.82) is 0 Å². The standard InChI is InChI=1S/C24H27N5O3S/c30-23-22(7-1-2-13-26-23)29(24(31)21-16-27-33-28-21)17-19-8-10-20(11-9-19)32-14-4-6-18-5-3-12-25-15-18/h3,5,8-12,15-16,22H,1-2,4,6-7,13-14,17H2,(H,26,30)/t22-/m0/s1. The number of hydrogen-bond donors (Lipinski definition) is 1. The molecule has 0 radical (unpaired) electrons. The maximum Gasteiger partial charge on any atom is 0.276 e. The average molecular weight is 466 g/mol. The summed E-state index contributed by atoms with van der Waals surface area (Å²) >= 11 is 0.985. The molecule has 0 aliphatic carbocycles. The van der Waals surface area contributed by atoms with Crippen LogP contribution in [0.5, 0.6) is 5.75 Å². The third kappa shape index (κ3) is 6.35. The summed E-state index contributed by atoms with van der Waals surface area (Å²) in [6.45, 7) is 1.57. The van der Waals surface area contributed by atoms with Gasteiger partial charge in [-0.05, 0) is 61.4 Å². The number of hydrogen-bond acceptors (Lipinski definition) is 7. The largest absolute Gasteiger partial charge is 0.494 e. The van der Waals surface area contributed by atoms with E-state index >= 15 is 0 Å². The van der Waals surface area contributed by atoms with Crippen molar-refractivity contribution in [2.24, 2.45) is 0 Å². The van der Waals surface area contributed by atoms with E-state index in [0.29, 0.717) is 26.1 Å². The third-order valence-electron chi connectivity index (χ3n) is 5.60. The summed E-state index contributed by atoms with van der Waals surface area (Å²) in [5.41, 5.74) is 2.39. The number of aromatic nitrogens is 3. The molecule has 2 amide bonds. The summed E-state index contributed by atoms with van der Waals surface area (Å²) in [6, 6.07) is 11.1. The molecule has 2 aromatic heterocycles. The molecule has 1 aliphatic heterocycles. The first-order valence-corrected chi connectivity index (χ1v) is 11.9. The van der Waals surface area contributed by atoms with Gasteiger partial charge in [-0.2, -0.15) is 8.75 Å². The maximum absolute atomic E-state index is 13.1. The van der Waals surface area contributed by atoms with Crippen molar-refractivity contribution >= 4 is 23.5 Å². The van der Waals surface area contributed by atoms with Crippen LogP contribution in [0, 0.1) is 0 Å². The first-order valence-electron chi connectivity index (χ1n) is 11.2. The minimum Gasteiger partial charge on any atom is -0.494 e. The Hall–Kier alpha value is -3.33. The van der Waals surface area contributed by atoms with E-state index in [1.165, 1.54) is 11.8 Å². The fourth-order valence-corrected chi connectivity index (χ4v) is 4.26. The number of aryl methyl sites for hydroxylation is 1. The molecule has 3 heterocycles. The van der Waals surface area contributed by atoms with Crippen LogP contribution in [0.15, 0.2) is 55.0 Å². The Morgan fingerprint density at radius 3 is 2.79 bits per heavy atom. The van der Waals surface area contributed by atoms with Crippen LogP contribution < -0.4 is 10.1 Å². The molecule has 1 saturated heterocycles. The van der Waals surface area contributed by atoms with Crippen LogP contribution in [0.4, 0.5) is 0 Å². The molecule has 1 N–H and O–H groups in total. The first-order chi connectivity index (χ1) is 16.2. The fraction of sp³-hybridized carbons (Fsp3) is 0.375. The van der Waals surface area contributed by atoms with Gasteiger partial charge in [0.1, 0.15) is 11.8 Å². The van der Waals surface area contributed by atoms with Crippen LogP contribution >= 0.6 is 11.7 Å². The number of benzene rings is 1. The molecule has 4 rings (SSSR count). The van der Waals surface area contributed by atoms with Crippen LogP contribution in [-0.4, -0.2) is 49.6 Å². The molecule has 1 aromatic carbocycles. The highest BCUT2D eigenvalue weighted by Gasteiger charge is 2.32. The van der Waals surface area contributed by atoms with Gasteiger partial charge in [0.25, 0.3) is 5.91 Å². The van der Waals surface area contributed by atoms with Gasteiger partial charge in [0.2, 0.25) is 5.91 Å². The van der Waals surface area contributed by atoms with Gasteiger partial charge in [-0.15, -0.1) is 0 Å². The molecule has 9 heteroatoms. The lowest BCUT2D eigenvalue weighted by Gasteiger charge is -2.29. The third-order valence-corrected chi connectivity index (χ3v) is 6.08. The van der Waals surface area contributed by atoms with Gasteiger partial charge in [-0.25, -0.2) is 0 Å². The highest BCUT2D eigenvalue weighted by Crippen LogP contribution is 2.20. The number of pyridine rings is 1. The van der Waals surface area contributed by atoms with E-state index in [-0.39, 0.29) is 17.5 Å². The van der Waals surface area contributed by atoms with Crippen LogP contribution in [0.3, 0.4) is 0 Å². The minimum absolute atomic E-state index is 0.113. The smallest absolute Gasteiger partial charge is 0.276 e. The normalized spacial score (nSPS) is 16.0. The van der Waals surface area contributed by atoms with E-state index in [2.05, 4.69) is 25.1 Å². The highest BCUT2D eigenvalue weighted by molar-refractivity contribution is 6.99. The van der Waals surface area contributed by atoms with Crippen LogP contribution in [0.2, 0.25) is 0 Å². The number of amides is 2. The zero-order chi connectivity index (χ0) is 22.9. The van der Waals surface area contributed by atoms with Gasteiger partial charge in [-0.3, -0.25) is 14.6 Å². The Morgan fingerprint density at radius 1 is 1.15 bits per heavy atom. The fourth-order valence-electron chi connectivity index (χ4n) is 3.85. The summed E-state index contributed by atoms with van der Waals surface area (Å²) in [7, 11) is 0. The van der Waals surface area contributed by atoms with Crippen molar-refractivity contribution in [3.63, 3.8) is 0 Å². The predicted molar refractivity (Wildman–Crippen MR) is 125 cm³/mol. The molecular weight excluding hydrogens is 438 g/mol. The molecule has 1 fully saturated rings. The minimum atomic E-state index is -0.523. The molecular formula is C24H27N5O3S. The Morgan fingerprint density at radius 2 is 2.03 bits per heavy atom. The molecule has 0 spiro atoms. The molecule has 33 heavy (non-hydrogen) atoms. The Bertz CT molecular complexity index is 1030. The van der Waals surface area contributed by atoms with E-state index in [1.807, 2.05) is 36.5 Å². The Balaban J connectivity index is 1.38. The van der Waals surface area contributed by atoms with Crippen molar-refractivity contribution in [2.45, 2.75) is 44.7 Å². The Kier molecular flexibility index (Phi) is 7.97. The van der Waals surface area contributed by atoms with Crippen molar-refractivity contribution in [2.75, 3.05) is 13.2 Å². The maximum atomic E-state index is 13.1. The topological polar surface area (TPSA) is 97.3 Å². The quantitative estimate of drug-likeness (QED) is 0.487. The molecule has 172 valence electrons. The first kappa shape index (κ1) is 22.8. The number of rotatable bonds is 9. The number of carbonyl (C=O) groups is 2. The van der Waals surface area contributed by atoms with Crippen molar-refractivity contribution in [3.8, 4) is 5.75 Å². The number of carbonyl (C=O) groups excluding carboxylic acids is 2. The van der Waals surface area contributed by atoms with E-state index in [1.54, 1.807) is 11.1 Å². The van der Waals surface area contributed by atoms with Crippen molar-refractivity contribution < 1.29 is 14.3 Å². The van der Waals surface area contributed by atoms with Gasteiger partial charge in [0, 0.05) is 25.5 Å². The second kappa shape index (κ2) is 11.5. The van der Waals surface area contributed by atoms with Gasteiger partial charge < -0.3 is 15.0 Å². The zero-order valence-corrected chi connectivity index (χ0v) is 19.2. The Labute approximate surface area is 197 Å². The van der Waals surface area contributed by atoms with Gasteiger partial charge in [-0.1, -0.05) is 18.2 Å². The van der Waals surface area contributed by atoms with E-state index < -0.39 is 6.04 Å². The van der Waals surface area contributed by atoms with Crippen molar-refractivity contribution in [1.82, 2.24) is 23.9 Å². The predicted octanol–water partition coefficient (Wildman–Crippen LogP) is 3.26. The SMILES string of the molecule is O=C1NCCCC[C@@H]1N(Cc1ccc(OCCCc2cccnc2)cc1)C(=O)c1cnsn1. The van der Waals surface area contributed by atoms with Crippen LogP contribution in [-0.2, 0) is 17.8 Å². The lowest BCUT2D eigenvalue weighted by atomic mass is 10.1. The second-order valence-electron chi connectivity index (χ2n) is 7.99. The van der Waals surface area contributed by atoms with Gasteiger partial charge in [0.05, 0.1) is 24.5 Å². The van der Waals surface area contributed by atoms with Crippen LogP contribution in [0.25, 0.3) is 0 Å². The van der Waals surface area contributed by atoms with Gasteiger partial charge >= 0.3 is 0 Å². The van der Waals surface area contributed by atoms with E-state index in [4.69, 9.17) is 4.74 Å². The molecule has 0 bridgehead atoms. The number of nitrogens with one attached hydrogen (secondary N) is 1. The average Bonchev–Trinajstić information content (AvgIpc) is 3.31. The highest BCUT2D eigenvalue weighted by atomic mass is 32.1. The second-order valence-corrected chi connectivity index (χ2v) is 8.54. The molecule has 1 atom stereocenters. The lowest BCUT2D eigenvalue weighted by molar-refractivity contribution is -0.125. The lowest BCUT2D eigenvalue weighted by Crippen LogP contribution is -2.48. The summed E-state index contributed by atoms with van der Waals surface area (Å²) < 4.78 is 13.9. The summed E-state index contributed by atoms with van der Waals surface area (Å²) in [5.74, 6) is 0.387. The molecule has 1 aliphatic rings. The zero-order valence-electron chi connectivity index (χ0n) is 18.4. The van der Waals surface area contributed by atoms with Crippen LogP contribution in [0.1, 0.15) is 47.3 Å². The van der Waals surface area contributed by atoms with E-state index in [0.717, 1.165) is 48.7 Å². The summed E-state index contributed by atoms with van der Waals surface area (Å²) in [6.07, 6.45) is 9.34. The monoisotopic (exact) mass is 465 g/mol. The number of nitrogens with zero attached hydrogens (tertiary/aromatic N) is 4. The van der Waals surface area contributed by atoms with Gasteiger partial charge in [0.15, 0.2) is 5.69 Å². The number of ether oxygens (including phenoxy) is 1. The van der Waals surface area contributed by atoms with Crippen molar-refractivity contribution in [3.05, 3.63) is 71.8 Å². The molecule has 0 unspecified atom stereocenters. The summed E-state index contributed by atoms with van der Waals surface area (Å²) in [5, 5.41) is 2.92.